The van der Waals surface area contributed by atoms with Gasteiger partial charge in [-0.2, -0.15) is 0 Å². The van der Waals surface area contributed by atoms with Crippen LogP contribution >= 0.6 is 11.8 Å². The monoisotopic (exact) mass is 313 g/mol. The van der Waals surface area contributed by atoms with E-state index in [0.717, 1.165) is 37.4 Å². The van der Waals surface area contributed by atoms with Crippen LogP contribution in [-0.4, -0.2) is 27.3 Å². The van der Waals surface area contributed by atoms with Crippen LogP contribution in [0.25, 0.3) is 0 Å². The molecule has 0 saturated heterocycles. The first-order valence-corrected chi connectivity index (χ1v) is 8.86. The van der Waals surface area contributed by atoms with Gasteiger partial charge in [-0.3, -0.25) is 4.79 Å². The number of hydrogen-bond donors (Lipinski definition) is 1. The number of carbonyl (C=O) groups excluding carboxylic acids is 1. The van der Waals surface area contributed by atoms with Crippen LogP contribution in [0.2, 0.25) is 0 Å². The molecule has 0 spiro atoms. The Kier molecular flexibility index (Phi) is 3.66. The molecule has 2 aliphatic rings. The standard InChI is InChI=1S/C17H19N3OS/c21-17(16-14-4-2-1-3-12(14)7-10-22-16)19-13-5-6-15-18-8-9-20(15)11-13/h1-4,8-9,13,16H,5-7,10-11H2,(H,19,21)/t13-,16+/m0/s1. The lowest BCUT2D eigenvalue weighted by molar-refractivity contribution is -0.121. The SMILES string of the molecule is O=C(N[C@H]1CCc2nccn2C1)[C@@H]1SCCc2ccccc21. The lowest BCUT2D eigenvalue weighted by Crippen LogP contribution is -2.43. The summed E-state index contributed by atoms with van der Waals surface area (Å²) in [5.41, 5.74) is 2.51. The van der Waals surface area contributed by atoms with Crippen molar-refractivity contribution in [3.63, 3.8) is 0 Å². The summed E-state index contributed by atoms with van der Waals surface area (Å²) in [6, 6.07) is 8.55. The van der Waals surface area contributed by atoms with Gasteiger partial charge in [-0.25, -0.2) is 4.98 Å². The number of carbonyl (C=O) groups is 1. The zero-order valence-electron chi connectivity index (χ0n) is 12.4. The Morgan fingerprint density at radius 2 is 2.23 bits per heavy atom. The highest BCUT2D eigenvalue weighted by Gasteiger charge is 2.29. The zero-order valence-corrected chi connectivity index (χ0v) is 13.2. The maximum atomic E-state index is 12.7. The van der Waals surface area contributed by atoms with Crippen LogP contribution in [0.1, 0.15) is 28.6 Å². The molecule has 3 heterocycles. The summed E-state index contributed by atoms with van der Waals surface area (Å²) in [7, 11) is 0. The number of thioether (sulfide) groups is 1. The first-order valence-electron chi connectivity index (χ1n) is 7.81. The molecule has 0 unspecified atom stereocenters. The maximum Gasteiger partial charge on any atom is 0.237 e. The largest absolute Gasteiger partial charge is 0.350 e. The van der Waals surface area contributed by atoms with Gasteiger partial charge >= 0.3 is 0 Å². The third kappa shape index (κ3) is 2.54. The van der Waals surface area contributed by atoms with Crippen LogP contribution in [0, 0.1) is 0 Å². The van der Waals surface area contributed by atoms with Gasteiger partial charge in [0.25, 0.3) is 0 Å². The van der Waals surface area contributed by atoms with E-state index in [-0.39, 0.29) is 17.2 Å². The second-order valence-electron chi connectivity index (χ2n) is 5.94. The number of benzene rings is 1. The van der Waals surface area contributed by atoms with E-state index in [1.54, 1.807) is 11.8 Å². The van der Waals surface area contributed by atoms with Crippen LogP contribution in [0.15, 0.2) is 36.7 Å². The van der Waals surface area contributed by atoms with Gasteiger partial charge in [0, 0.05) is 31.4 Å². The summed E-state index contributed by atoms with van der Waals surface area (Å²) in [6.45, 7) is 0.833. The molecular weight excluding hydrogens is 294 g/mol. The highest BCUT2D eigenvalue weighted by molar-refractivity contribution is 8.00. The van der Waals surface area contributed by atoms with Crippen molar-refractivity contribution in [2.75, 3.05) is 5.75 Å². The summed E-state index contributed by atoms with van der Waals surface area (Å²) in [4.78, 5) is 17.1. The molecule has 4 nitrogen and oxygen atoms in total. The molecule has 22 heavy (non-hydrogen) atoms. The number of hydrogen-bond acceptors (Lipinski definition) is 3. The third-order valence-electron chi connectivity index (χ3n) is 4.51. The van der Waals surface area contributed by atoms with Crippen LogP contribution in [0.5, 0.6) is 0 Å². The lowest BCUT2D eigenvalue weighted by Gasteiger charge is -2.29. The van der Waals surface area contributed by atoms with Crippen molar-refractivity contribution in [3.8, 4) is 0 Å². The lowest BCUT2D eigenvalue weighted by atomic mass is 10.0. The minimum absolute atomic E-state index is 0.0610. The summed E-state index contributed by atoms with van der Waals surface area (Å²) in [6.07, 6.45) is 6.81. The van der Waals surface area contributed by atoms with Gasteiger partial charge in [0.2, 0.25) is 5.91 Å². The van der Waals surface area contributed by atoms with Crippen LogP contribution in [0.4, 0.5) is 0 Å². The molecule has 1 aromatic carbocycles. The molecule has 2 aliphatic heterocycles. The van der Waals surface area contributed by atoms with Gasteiger partial charge in [0.1, 0.15) is 11.1 Å². The van der Waals surface area contributed by atoms with E-state index in [4.69, 9.17) is 0 Å². The van der Waals surface area contributed by atoms with E-state index in [1.165, 1.54) is 11.1 Å². The van der Waals surface area contributed by atoms with Crippen molar-refractivity contribution in [1.29, 1.82) is 0 Å². The number of aromatic nitrogens is 2. The molecule has 0 bridgehead atoms. The predicted octanol–water partition coefficient (Wildman–Crippen LogP) is 2.34. The molecule has 1 aromatic heterocycles. The Labute approximate surface area is 134 Å². The topological polar surface area (TPSA) is 46.9 Å². The first-order chi connectivity index (χ1) is 10.8. The molecule has 2 atom stereocenters. The molecule has 0 aliphatic carbocycles. The van der Waals surface area contributed by atoms with E-state index < -0.39 is 0 Å². The predicted molar refractivity (Wildman–Crippen MR) is 87.8 cm³/mol. The number of nitrogens with zero attached hydrogens (tertiary/aromatic N) is 2. The fourth-order valence-corrected chi connectivity index (χ4v) is 4.57. The Bertz CT molecular complexity index is 697. The second-order valence-corrected chi connectivity index (χ2v) is 7.15. The quantitative estimate of drug-likeness (QED) is 0.926. The number of rotatable bonds is 2. The van der Waals surface area contributed by atoms with Gasteiger partial charge in [-0.1, -0.05) is 24.3 Å². The van der Waals surface area contributed by atoms with Crippen molar-refractivity contribution in [1.82, 2.24) is 14.9 Å². The normalized spacial score (nSPS) is 23.5. The molecule has 0 saturated carbocycles. The van der Waals surface area contributed by atoms with Crippen molar-refractivity contribution < 1.29 is 4.79 Å². The Morgan fingerprint density at radius 3 is 3.18 bits per heavy atom. The molecule has 2 aromatic rings. The van der Waals surface area contributed by atoms with Crippen molar-refractivity contribution in [2.45, 2.75) is 37.1 Å². The minimum Gasteiger partial charge on any atom is -0.350 e. The molecule has 0 fully saturated rings. The average molecular weight is 313 g/mol. The van der Waals surface area contributed by atoms with Gasteiger partial charge in [-0.05, 0) is 29.7 Å². The third-order valence-corrected chi connectivity index (χ3v) is 5.75. The van der Waals surface area contributed by atoms with Crippen LogP contribution in [0.3, 0.4) is 0 Å². The summed E-state index contributed by atoms with van der Waals surface area (Å²) in [5, 5.41) is 3.19. The zero-order chi connectivity index (χ0) is 14.9. The number of nitrogens with one attached hydrogen (secondary N) is 1. The van der Waals surface area contributed by atoms with E-state index in [2.05, 4.69) is 33.1 Å². The first kappa shape index (κ1) is 13.9. The summed E-state index contributed by atoms with van der Waals surface area (Å²) >= 11 is 1.76. The van der Waals surface area contributed by atoms with Crippen LogP contribution in [-0.2, 0) is 24.2 Å². The van der Waals surface area contributed by atoms with Crippen molar-refractivity contribution in [3.05, 3.63) is 53.6 Å². The highest BCUT2D eigenvalue weighted by Crippen LogP contribution is 2.36. The fraction of sp³-hybridized carbons (Fsp3) is 0.412. The number of aryl methyl sites for hydroxylation is 2. The smallest absolute Gasteiger partial charge is 0.237 e. The molecule has 5 heteroatoms. The van der Waals surface area contributed by atoms with Crippen LogP contribution < -0.4 is 5.32 Å². The Balaban J connectivity index is 1.47. The fourth-order valence-electron chi connectivity index (χ4n) is 3.37. The average Bonchev–Trinajstić information content (AvgIpc) is 3.02. The van der Waals surface area contributed by atoms with Gasteiger partial charge in [-0.15, -0.1) is 11.8 Å². The summed E-state index contributed by atoms with van der Waals surface area (Å²) < 4.78 is 2.15. The Hall–Kier alpha value is -1.75. The maximum absolute atomic E-state index is 12.7. The highest BCUT2D eigenvalue weighted by atomic mass is 32.2. The van der Waals surface area contributed by atoms with Crippen molar-refractivity contribution in [2.24, 2.45) is 0 Å². The van der Waals surface area contributed by atoms with E-state index in [1.807, 2.05) is 18.5 Å². The van der Waals surface area contributed by atoms with Crippen molar-refractivity contribution >= 4 is 17.7 Å². The van der Waals surface area contributed by atoms with Gasteiger partial charge < -0.3 is 9.88 Å². The number of imidazole rings is 1. The van der Waals surface area contributed by atoms with Gasteiger partial charge in [0.15, 0.2) is 0 Å². The van der Waals surface area contributed by atoms with Gasteiger partial charge in [0.05, 0.1) is 0 Å². The van der Waals surface area contributed by atoms with E-state index in [0.29, 0.717) is 0 Å². The second kappa shape index (κ2) is 5.80. The minimum atomic E-state index is -0.0610. The molecule has 4 rings (SSSR count). The Morgan fingerprint density at radius 1 is 1.32 bits per heavy atom. The van der Waals surface area contributed by atoms with E-state index in [9.17, 15) is 4.79 Å². The van der Waals surface area contributed by atoms with E-state index >= 15 is 0 Å². The molecular formula is C17H19N3OS. The molecule has 114 valence electrons. The number of fused-ring (bicyclic) bond motifs is 2. The summed E-state index contributed by atoms with van der Waals surface area (Å²) in [5.74, 6) is 2.31. The molecule has 1 amide bonds. The molecule has 0 radical (unpaired) electrons. The number of amides is 1. The molecule has 1 N–H and O–H groups in total.